The lowest BCUT2D eigenvalue weighted by Crippen LogP contribution is -2.29. The van der Waals surface area contributed by atoms with Crippen LogP contribution in [-0.4, -0.2) is 24.5 Å². The van der Waals surface area contributed by atoms with Crippen LogP contribution >= 0.6 is 0 Å². The second-order valence-electron chi connectivity index (χ2n) is 4.97. The van der Waals surface area contributed by atoms with Gasteiger partial charge in [-0.3, -0.25) is 16.0 Å². The second-order valence-corrected chi connectivity index (χ2v) is 6.98. The Balaban J connectivity index is 2.17. The van der Waals surface area contributed by atoms with Crippen LogP contribution in [0.1, 0.15) is 24.1 Å². The van der Waals surface area contributed by atoms with Crippen LogP contribution < -0.4 is 11.3 Å². The molecule has 2 rings (SSSR count). The summed E-state index contributed by atoms with van der Waals surface area (Å²) in [6.45, 7) is 2.85. The molecule has 0 saturated heterocycles. The standard InChI is InChI=1S/C14H20N4O2S/c1-3-18-10-11(9-16-18)8-14(17-15)12-4-6-13(7-5-12)21(2,19)20/h4-7,9-10,14,17H,3,8,15H2,1-2H3. The van der Waals surface area contributed by atoms with Crippen LogP contribution in [0.15, 0.2) is 41.6 Å². The van der Waals surface area contributed by atoms with E-state index in [0.717, 1.165) is 17.7 Å². The fourth-order valence-electron chi connectivity index (χ4n) is 2.14. The predicted molar refractivity (Wildman–Crippen MR) is 81.2 cm³/mol. The Morgan fingerprint density at radius 3 is 2.48 bits per heavy atom. The zero-order chi connectivity index (χ0) is 15.5. The monoisotopic (exact) mass is 308 g/mol. The van der Waals surface area contributed by atoms with Gasteiger partial charge in [0.25, 0.3) is 0 Å². The first-order chi connectivity index (χ1) is 9.94. The maximum Gasteiger partial charge on any atom is 0.175 e. The van der Waals surface area contributed by atoms with E-state index in [9.17, 15) is 8.42 Å². The first-order valence-corrected chi connectivity index (χ1v) is 8.60. The number of hydrazine groups is 1. The van der Waals surface area contributed by atoms with Crippen LogP contribution in [0.2, 0.25) is 0 Å². The smallest absolute Gasteiger partial charge is 0.175 e. The third-order valence-corrected chi connectivity index (χ3v) is 4.49. The molecule has 0 aliphatic carbocycles. The van der Waals surface area contributed by atoms with Crippen molar-refractivity contribution in [1.29, 1.82) is 0 Å². The van der Waals surface area contributed by atoms with Gasteiger partial charge in [-0.2, -0.15) is 5.10 Å². The van der Waals surface area contributed by atoms with Crippen LogP contribution in [0.3, 0.4) is 0 Å². The van der Waals surface area contributed by atoms with E-state index in [1.807, 2.05) is 24.0 Å². The van der Waals surface area contributed by atoms with Gasteiger partial charge < -0.3 is 0 Å². The van der Waals surface area contributed by atoms with Gasteiger partial charge in [-0.05, 0) is 36.6 Å². The van der Waals surface area contributed by atoms with Crippen LogP contribution in [0.5, 0.6) is 0 Å². The quantitative estimate of drug-likeness (QED) is 0.615. The van der Waals surface area contributed by atoms with Crippen molar-refractivity contribution in [3.8, 4) is 0 Å². The molecule has 1 aromatic carbocycles. The molecule has 2 aromatic rings. The first-order valence-electron chi connectivity index (χ1n) is 6.71. The summed E-state index contributed by atoms with van der Waals surface area (Å²) in [5.74, 6) is 5.62. The largest absolute Gasteiger partial charge is 0.273 e. The number of rotatable bonds is 6. The Hall–Kier alpha value is -1.70. The number of benzene rings is 1. The SMILES string of the molecule is CCn1cc(CC(NN)c2ccc(S(C)(=O)=O)cc2)cn1. The molecule has 1 atom stereocenters. The molecule has 6 nitrogen and oxygen atoms in total. The molecule has 1 unspecified atom stereocenters. The number of nitrogens with two attached hydrogens (primary N) is 1. The van der Waals surface area contributed by atoms with E-state index >= 15 is 0 Å². The number of hydrogen-bond acceptors (Lipinski definition) is 5. The minimum atomic E-state index is -3.18. The molecular formula is C14H20N4O2S. The van der Waals surface area contributed by atoms with E-state index in [1.54, 1.807) is 24.3 Å². The molecular weight excluding hydrogens is 288 g/mol. The van der Waals surface area contributed by atoms with E-state index in [2.05, 4.69) is 10.5 Å². The van der Waals surface area contributed by atoms with Crippen LogP contribution in [0, 0.1) is 0 Å². The summed E-state index contributed by atoms with van der Waals surface area (Å²) in [4.78, 5) is 0.306. The second kappa shape index (κ2) is 6.38. The van der Waals surface area contributed by atoms with Crippen molar-refractivity contribution in [2.45, 2.75) is 30.8 Å². The minimum Gasteiger partial charge on any atom is -0.273 e. The number of nitrogens with zero attached hydrogens (tertiary/aromatic N) is 2. The summed E-state index contributed by atoms with van der Waals surface area (Å²) in [5, 5.41) is 4.23. The lowest BCUT2D eigenvalue weighted by atomic mass is 10.0. The third-order valence-electron chi connectivity index (χ3n) is 3.36. The lowest BCUT2D eigenvalue weighted by Gasteiger charge is -2.15. The van der Waals surface area contributed by atoms with Gasteiger partial charge >= 0.3 is 0 Å². The summed E-state index contributed by atoms with van der Waals surface area (Å²) in [7, 11) is -3.18. The summed E-state index contributed by atoms with van der Waals surface area (Å²) < 4.78 is 24.8. The Kier molecular flexibility index (Phi) is 4.76. The van der Waals surface area contributed by atoms with E-state index in [0.29, 0.717) is 11.3 Å². The molecule has 0 amide bonds. The van der Waals surface area contributed by atoms with E-state index in [1.165, 1.54) is 6.26 Å². The number of aryl methyl sites for hydroxylation is 1. The van der Waals surface area contributed by atoms with E-state index in [-0.39, 0.29) is 6.04 Å². The highest BCUT2D eigenvalue weighted by Gasteiger charge is 2.13. The number of sulfone groups is 1. The topological polar surface area (TPSA) is 90.0 Å². The average Bonchev–Trinajstić information content (AvgIpc) is 2.92. The van der Waals surface area contributed by atoms with Crippen molar-refractivity contribution < 1.29 is 8.42 Å². The molecule has 0 aliphatic heterocycles. The maximum absolute atomic E-state index is 11.5. The Labute approximate surface area is 124 Å². The fourth-order valence-corrected chi connectivity index (χ4v) is 2.77. The summed E-state index contributed by atoms with van der Waals surface area (Å²) in [6, 6.07) is 6.68. The molecule has 0 fully saturated rings. The number of nitrogens with one attached hydrogen (secondary N) is 1. The van der Waals surface area contributed by atoms with Crippen LogP contribution in [-0.2, 0) is 22.8 Å². The Morgan fingerprint density at radius 2 is 2.00 bits per heavy atom. The van der Waals surface area contributed by atoms with Crippen molar-refractivity contribution in [1.82, 2.24) is 15.2 Å². The highest BCUT2D eigenvalue weighted by atomic mass is 32.2. The van der Waals surface area contributed by atoms with Gasteiger partial charge in [0.2, 0.25) is 0 Å². The van der Waals surface area contributed by atoms with Gasteiger partial charge in [-0.1, -0.05) is 12.1 Å². The molecule has 21 heavy (non-hydrogen) atoms. The van der Waals surface area contributed by atoms with Gasteiger partial charge in [0.1, 0.15) is 0 Å². The first kappa shape index (κ1) is 15.7. The zero-order valence-corrected chi connectivity index (χ0v) is 13.0. The summed E-state index contributed by atoms with van der Waals surface area (Å²) >= 11 is 0. The highest BCUT2D eigenvalue weighted by Crippen LogP contribution is 2.19. The number of aromatic nitrogens is 2. The molecule has 1 aromatic heterocycles. The molecule has 3 N–H and O–H groups in total. The zero-order valence-electron chi connectivity index (χ0n) is 12.2. The maximum atomic E-state index is 11.5. The van der Waals surface area contributed by atoms with Crippen molar-refractivity contribution in [3.63, 3.8) is 0 Å². The van der Waals surface area contributed by atoms with Crippen molar-refractivity contribution >= 4 is 9.84 Å². The molecule has 114 valence electrons. The highest BCUT2D eigenvalue weighted by molar-refractivity contribution is 7.90. The van der Waals surface area contributed by atoms with Crippen molar-refractivity contribution in [2.75, 3.05) is 6.26 Å². The Morgan fingerprint density at radius 1 is 1.33 bits per heavy atom. The predicted octanol–water partition coefficient (Wildman–Crippen LogP) is 1.05. The average molecular weight is 308 g/mol. The molecule has 0 aliphatic rings. The molecule has 7 heteroatoms. The lowest BCUT2D eigenvalue weighted by molar-refractivity contribution is 0.550. The molecule has 0 radical (unpaired) electrons. The normalized spacial score (nSPS) is 13.3. The molecule has 1 heterocycles. The van der Waals surface area contributed by atoms with Crippen molar-refractivity contribution in [3.05, 3.63) is 47.8 Å². The van der Waals surface area contributed by atoms with Crippen molar-refractivity contribution in [2.24, 2.45) is 5.84 Å². The van der Waals surface area contributed by atoms with Gasteiger partial charge in [-0.15, -0.1) is 0 Å². The number of hydrogen-bond donors (Lipinski definition) is 2. The molecule has 0 saturated carbocycles. The Bertz CT molecular complexity index is 692. The fraction of sp³-hybridized carbons (Fsp3) is 0.357. The van der Waals surface area contributed by atoms with E-state index in [4.69, 9.17) is 5.84 Å². The minimum absolute atomic E-state index is 0.0897. The van der Waals surface area contributed by atoms with Gasteiger partial charge in [0.05, 0.1) is 17.1 Å². The third kappa shape index (κ3) is 3.90. The summed E-state index contributed by atoms with van der Waals surface area (Å²) in [5.41, 5.74) is 4.78. The van der Waals surface area contributed by atoms with Crippen LogP contribution in [0.4, 0.5) is 0 Å². The van der Waals surface area contributed by atoms with Gasteiger partial charge in [-0.25, -0.2) is 8.42 Å². The van der Waals surface area contributed by atoms with Gasteiger partial charge in [0, 0.05) is 19.0 Å². The van der Waals surface area contributed by atoms with Gasteiger partial charge in [0.15, 0.2) is 9.84 Å². The molecule has 0 spiro atoms. The van der Waals surface area contributed by atoms with E-state index < -0.39 is 9.84 Å². The molecule has 0 bridgehead atoms. The summed E-state index contributed by atoms with van der Waals surface area (Å²) in [6.07, 6.45) is 5.68. The van der Waals surface area contributed by atoms with Crippen LogP contribution in [0.25, 0.3) is 0 Å².